The molecule has 0 amide bonds. The molecule has 0 unspecified atom stereocenters. The number of benzene rings is 1. The maximum atomic E-state index is 13.3. The molecule has 0 N–H and O–H groups in total. The van der Waals surface area contributed by atoms with Gasteiger partial charge in [-0.3, -0.25) is 0 Å². The van der Waals surface area contributed by atoms with Crippen LogP contribution in [0.1, 0.15) is 146 Å². The predicted octanol–water partition coefficient (Wildman–Crippen LogP) is 7.26. The molecule has 1 aromatic rings. The maximum Gasteiger partial charge on any atom is 0.339 e. The molecule has 2 aliphatic carbocycles. The second kappa shape index (κ2) is 11.9. The third-order valence-corrected chi connectivity index (χ3v) is 7.61. The van der Waals surface area contributed by atoms with Gasteiger partial charge >= 0.3 is 11.9 Å². The minimum Gasteiger partial charge on any atom is -0.465 e. The lowest BCUT2D eigenvalue weighted by Crippen LogP contribution is -2.25. The molecular weight excluding hydrogens is 400 g/mol. The number of esters is 2. The predicted molar refractivity (Wildman–Crippen MR) is 129 cm³/mol. The zero-order valence-corrected chi connectivity index (χ0v) is 20.7. The van der Waals surface area contributed by atoms with Crippen LogP contribution in [0.3, 0.4) is 0 Å². The molecule has 0 radical (unpaired) electrons. The van der Waals surface area contributed by atoms with Gasteiger partial charge in [-0.1, -0.05) is 65.2 Å². The molecule has 2 aliphatic rings. The quantitative estimate of drug-likeness (QED) is 0.398. The molecule has 3 rings (SSSR count). The van der Waals surface area contributed by atoms with Crippen molar-refractivity contribution in [3.05, 3.63) is 33.4 Å². The van der Waals surface area contributed by atoms with Crippen LogP contribution in [0.5, 0.6) is 0 Å². The summed E-state index contributed by atoms with van der Waals surface area (Å²) in [5.74, 6) is 0.0410. The molecule has 0 atom stereocenters. The van der Waals surface area contributed by atoms with Gasteiger partial charge in [0.05, 0.1) is 25.3 Å². The second-order valence-corrected chi connectivity index (χ2v) is 9.69. The van der Waals surface area contributed by atoms with E-state index in [-0.39, 0.29) is 5.97 Å². The number of carbonyl (C=O) groups is 2. The molecule has 32 heavy (non-hydrogen) atoms. The Morgan fingerprint density at radius 2 is 1.09 bits per heavy atom. The minimum atomic E-state index is -0.390. The van der Waals surface area contributed by atoms with Crippen LogP contribution in [0.4, 0.5) is 0 Å². The smallest absolute Gasteiger partial charge is 0.339 e. The van der Waals surface area contributed by atoms with Gasteiger partial charge in [0.15, 0.2) is 0 Å². The van der Waals surface area contributed by atoms with Crippen molar-refractivity contribution in [3.8, 4) is 0 Å². The van der Waals surface area contributed by atoms with Crippen molar-refractivity contribution in [3.63, 3.8) is 0 Å². The van der Waals surface area contributed by atoms with Gasteiger partial charge in [-0.2, -0.15) is 0 Å². The van der Waals surface area contributed by atoms with Crippen molar-refractivity contribution in [1.29, 1.82) is 0 Å². The highest BCUT2D eigenvalue weighted by Crippen LogP contribution is 2.47. The highest BCUT2D eigenvalue weighted by molar-refractivity contribution is 6.06. The molecular formula is C28H42O4. The van der Waals surface area contributed by atoms with Crippen molar-refractivity contribution in [2.75, 3.05) is 14.2 Å². The summed E-state index contributed by atoms with van der Waals surface area (Å²) in [5.41, 5.74) is 5.96. The third kappa shape index (κ3) is 5.05. The zero-order valence-electron chi connectivity index (χ0n) is 20.7. The number of hydrogen-bond acceptors (Lipinski definition) is 4. The Labute approximate surface area is 194 Å². The lowest BCUT2D eigenvalue weighted by atomic mass is 9.69. The van der Waals surface area contributed by atoms with Gasteiger partial charge in [0.2, 0.25) is 0 Å². The largest absolute Gasteiger partial charge is 0.465 e. The summed E-state index contributed by atoms with van der Waals surface area (Å²) < 4.78 is 10.6. The summed E-state index contributed by atoms with van der Waals surface area (Å²) in [4.78, 5) is 26.5. The van der Waals surface area contributed by atoms with Gasteiger partial charge in [0.1, 0.15) is 0 Å². The van der Waals surface area contributed by atoms with Crippen LogP contribution in [0.2, 0.25) is 0 Å². The molecule has 2 fully saturated rings. The number of rotatable bonds is 8. The average molecular weight is 443 g/mol. The first-order chi connectivity index (χ1) is 15.6. The van der Waals surface area contributed by atoms with E-state index in [1.165, 1.54) is 76.7 Å². The van der Waals surface area contributed by atoms with Crippen molar-refractivity contribution < 1.29 is 19.1 Å². The van der Waals surface area contributed by atoms with E-state index in [1.807, 2.05) is 0 Å². The van der Waals surface area contributed by atoms with E-state index < -0.39 is 5.97 Å². The van der Waals surface area contributed by atoms with Gasteiger partial charge < -0.3 is 9.47 Å². The van der Waals surface area contributed by atoms with E-state index in [0.717, 1.165) is 49.7 Å². The van der Waals surface area contributed by atoms with Gasteiger partial charge in [-0.05, 0) is 72.6 Å². The van der Waals surface area contributed by atoms with Crippen molar-refractivity contribution in [2.24, 2.45) is 0 Å². The van der Waals surface area contributed by atoms with Crippen LogP contribution in [-0.4, -0.2) is 26.2 Å². The fourth-order valence-corrected chi connectivity index (χ4v) is 6.27. The fraction of sp³-hybridized carbons (Fsp3) is 0.714. The lowest BCUT2D eigenvalue weighted by molar-refractivity contribution is 0.0552. The van der Waals surface area contributed by atoms with E-state index in [1.54, 1.807) is 0 Å². The molecule has 0 aromatic heterocycles. The first kappa shape index (κ1) is 24.8. The van der Waals surface area contributed by atoms with Crippen LogP contribution in [0.15, 0.2) is 0 Å². The normalized spacial score (nSPS) is 17.9. The highest BCUT2D eigenvalue weighted by Gasteiger charge is 2.37. The first-order valence-electron chi connectivity index (χ1n) is 13.0. The van der Waals surface area contributed by atoms with Crippen molar-refractivity contribution >= 4 is 11.9 Å². The van der Waals surface area contributed by atoms with E-state index >= 15 is 0 Å². The molecule has 0 heterocycles. The van der Waals surface area contributed by atoms with Gasteiger partial charge in [0.25, 0.3) is 0 Å². The van der Waals surface area contributed by atoms with Crippen LogP contribution in [0, 0.1) is 0 Å². The Bertz CT molecular complexity index is 798. The highest BCUT2D eigenvalue weighted by atomic mass is 16.5. The van der Waals surface area contributed by atoms with Gasteiger partial charge in [-0.25, -0.2) is 9.59 Å². The molecule has 0 bridgehead atoms. The third-order valence-electron chi connectivity index (χ3n) is 7.61. The van der Waals surface area contributed by atoms with E-state index in [9.17, 15) is 9.59 Å². The number of carbonyl (C=O) groups excluding carboxylic acids is 2. The minimum absolute atomic E-state index is 0.324. The summed E-state index contributed by atoms with van der Waals surface area (Å²) >= 11 is 0. The SMILES string of the molecule is CCCc1c(CCC)c(C2CCCCC2)c(C2CCCCC2)c(C(=O)OC)c1C(=O)OC. The molecule has 0 spiro atoms. The molecule has 1 aromatic carbocycles. The van der Waals surface area contributed by atoms with Crippen LogP contribution in [0.25, 0.3) is 0 Å². The van der Waals surface area contributed by atoms with Crippen LogP contribution < -0.4 is 0 Å². The Morgan fingerprint density at radius 1 is 0.656 bits per heavy atom. The molecule has 4 heteroatoms. The Balaban J connectivity index is 2.43. The van der Waals surface area contributed by atoms with Crippen LogP contribution >= 0.6 is 0 Å². The molecule has 4 nitrogen and oxygen atoms in total. The van der Waals surface area contributed by atoms with E-state index in [4.69, 9.17) is 9.47 Å². The summed E-state index contributed by atoms with van der Waals surface area (Å²) in [6, 6.07) is 0. The summed E-state index contributed by atoms with van der Waals surface area (Å²) in [6.45, 7) is 4.36. The topological polar surface area (TPSA) is 52.6 Å². The fourth-order valence-electron chi connectivity index (χ4n) is 6.27. The van der Waals surface area contributed by atoms with E-state index in [2.05, 4.69) is 13.8 Å². The van der Waals surface area contributed by atoms with Gasteiger partial charge in [0, 0.05) is 0 Å². The summed E-state index contributed by atoms with van der Waals surface area (Å²) in [6.07, 6.45) is 15.6. The van der Waals surface area contributed by atoms with Gasteiger partial charge in [-0.15, -0.1) is 0 Å². The Hall–Kier alpha value is -1.84. The molecule has 0 saturated heterocycles. The van der Waals surface area contributed by atoms with Crippen molar-refractivity contribution in [1.82, 2.24) is 0 Å². The summed E-state index contributed by atoms with van der Waals surface area (Å²) in [7, 11) is 2.86. The van der Waals surface area contributed by atoms with Crippen molar-refractivity contribution in [2.45, 2.75) is 116 Å². The lowest BCUT2D eigenvalue weighted by Gasteiger charge is -2.35. The molecule has 2 saturated carbocycles. The zero-order chi connectivity index (χ0) is 23.1. The van der Waals surface area contributed by atoms with E-state index in [0.29, 0.717) is 23.0 Å². The second-order valence-electron chi connectivity index (χ2n) is 9.69. The number of ether oxygens (including phenoxy) is 2. The van der Waals surface area contributed by atoms with Crippen LogP contribution in [-0.2, 0) is 22.3 Å². The average Bonchev–Trinajstić information content (AvgIpc) is 2.84. The first-order valence-corrected chi connectivity index (χ1v) is 13.0. The Kier molecular flexibility index (Phi) is 9.19. The number of hydrogen-bond donors (Lipinski definition) is 0. The summed E-state index contributed by atoms with van der Waals surface area (Å²) in [5, 5.41) is 0. The number of methoxy groups -OCH3 is 2. The standard InChI is InChI=1S/C28H42O4/c1-5-13-21-22(14-6-2)25(27(29)31-3)26(28(30)32-4)24(20-17-11-8-12-18-20)23(21)19-15-9-7-10-16-19/h19-20H,5-18H2,1-4H3. The maximum absolute atomic E-state index is 13.3. The molecule has 178 valence electrons. The molecule has 0 aliphatic heterocycles. The monoisotopic (exact) mass is 442 g/mol. The Morgan fingerprint density at radius 3 is 1.56 bits per heavy atom.